The van der Waals surface area contributed by atoms with Gasteiger partial charge in [-0.1, -0.05) is 12.1 Å². The third kappa shape index (κ3) is 4.64. The molecule has 7 heteroatoms. The molecule has 0 radical (unpaired) electrons. The van der Waals surface area contributed by atoms with E-state index in [1.54, 1.807) is 12.1 Å². The van der Waals surface area contributed by atoms with E-state index >= 15 is 0 Å². The zero-order chi connectivity index (χ0) is 18.5. The van der Waals surface area contributed by atoms with E-state index in [1.165, 1.54) is 36.4 Å². The van der Waals surface area contributed by atoms with Crippen LogP contribution >= 0.6 is 0 Å². The van der Waals surface area contributed by atoms with E-state index in [-0.39, 0.29) is 23.5 Å². The van der Waals surface area contributed by atoms with Gasteiger partial charge in [0, 0.05) is 43.4 Å². The first kappa shape index (κ1) is 18.0. The molecule has 0 saturated carbocycles. The number of benzene rings is 2. The number of nitro benzene ring substituents is 1. The predicted molar refractivity (Wildman–Crippen MR) is 95.3 cm³/mol. The van der Waals surface area contributed by atoms with Crippen molar-refractivity contribution in [3.63, 3.8) is 0 Å². The second-order valence-corrected chi connectivity index (χ2v) is 6.45. The quantitative estimate of drug-likeness (QED) is 0.659. The maximum Gasteiger partial charge on any atom is 0.269 e. The van der Waals surface area contributed by atoms with Gasteiger partial charge in [-0.05, 0) is 42.7 Å². The smallest absolute Gasteiger partial charge is 0.269 e. The highest BCUT2D eigenvalue weighted by molar-refractivity contribution is 5.94. The number of non-ortho nitro benzene ring substituents is 1. The highest BCUT2D eigenvalue weighted by Gasteiger charge is 2.21. The van der Waals surface area contributed by atoms with Crippen LogP contribution in [0.2, 0.25) is 0 Å². The number of nitro groups is 1. The van der Waals surface area contributed by atoms with Gasteiger partial charge in [-0.3, -0.25) is 19.8 Å². The fourth-order valence-corrected chi connectivity index (χ4v) is 3.09. The summed E-state index contributed by atoms with van der Waals surface area (Å²) < 4.78 is 13.0. The highest BCUT2D eigenvalue weighted by Crippen LogP contribution is 2.16. The summed E-state index contributed by atoms with van der Waals surface area (Å²) in [7, 11) is 0. The summed E-state index contributed by atoms with van der Waals surface area (Å²) >= 11 is 0. The normalized spacial score (nSPS) is 15.6. The summed E-state index contributed by atoms with van der Waals surface area (Å²) in [5.74, 6) is -0.446. The van der Waals surface area contributed by atoms with E-state index < -0.39 is 4.92 Å². The monoisotopic (exact) mass is 357 g/mol. The summed E-state index contributed by atoms with van der Waals surface area (Å²) in [6, 6.07) is 12.2. The second-order valence-electron chi connectivity index (χ2n) is 6.45. The Bertz CT molecular complexity index is 770. The molecule has 1 amide bonds. The van der Waals surface area contributed by atoms with Crippen molar-refractivity contribution in [2.45, 2.75) is 25.4 Å². The van der Waals surface area contributed by atoms with Gasteiger partial charge in [0.1, 0.15) is 5.82 Å². The lowest BCUT2D eigenvalue weighted by molar-refractivity contribution is -0.384. The fraction of sp³-hybridized carbons (Fsp3) is 0.316. The standard InChI is InChI=1S/C19H20FN3O3/c20-16-5-1-14(2-6-16)13-22-11-9-17(10-12-22)21-19(24)15-3-7-18(8-4-15)23(25)26/h1-8,17H,9-13H2,(H,21,24). The van der Waals surface area contributed by atoms with Gasteiger partial charge in [0.05, 0.1) is 4.92 Å². The minimum Gasteiger partial charge on any atom is -0.349 e. The Morgan fingerprint density at radius 2 is 1.73 bits per heavy atom. The van der Waals surface area contributed by atoms with Crippen molar-refractivity contribution < 1.29 is 14.1 Å². The summed E-state index contributed by atoms with van der Waals surface area (Å²) in [5, 5.41) is 13.6. The number of nitrogens with one attached hydrogen (secondary N) is 1. The molecule has 1 fully saturated rings. The summed E-state index contributed by atoms with van der Waals surface area (Å²) in [4.78, 5) is 24.7. The lowest BCUT2D eigenvalue weighted by Crippen LogP contribution is -2.44. The van der Waals surface area contributed by atoms with Gasteiger partial charge in [0.2, 0.25) is 0 Å². The van der Waals surface area contributed by atoms with Crippen molar-refractivity contribution in [3.05, 3.63) is 75.6 Å². The average Bonchev–Trinajstić information content (AvgIpc) is 2.65. The average molecular weight is 357 g/mol. The molecule has 0 spiro atoms. The van der Waals surface area contributed by atoms with Crippen molar-refractivity contribution in [2.24, 2.45) is 0 Å². The van der Waals surface area contributed by atoms with Crippen molar-refractivity contribution in [3.8, 4) is 0 Å². The topological polar surface area (TPSA) is 75.5 Å². The molecular weight excluding hydrogens is 337 g/mol. The fourth-order valence-electron chi connectivity index (χ4n) is 3.09. The van der Waals surface area contributed by atoms with E-state index in [2.05, 4.69) is 10.2 Å². The molecule has 6 nitrogen and oxygen atoms in total. The number of hydrogen-bond donors (Lipinski definition) is 1. The van der Waals surface area contributed by atoms with Crippen molar-refractivity contribution in [1.82, 2.24) is 10.2 Å². The maximum atomic E-state index is 13.0. The van der Waals surface area contributed by atoms with Gasteiger partial charge in [0.15, 0.2) is 0 Å². The van der Waals surface area contributed by atoms with E-state index in [0.717, 1.165) is 38.0 Å². The Balaban J connectivity index is 1.48. The van der Waals surface area contributed by atoms with Gasteiger partial charge < -0.3 is 5.32 Å². The number of likely N-dealkylation sites (tertiary alicyclic amines) is 1. The minimum atomic E-state index is -0.488. The number of piperidine rings is 1. The number of halogens is 1. The Hall–Kier alpha value is -2.80. The molecule has 26 heavy (non-hydrogen) atoms. The molecule has 0 atom stereocenters. The van der Waals surface area contributed by atoms with Crippen molar-refractivity contribution >= 4 is 11.6 Å². The van der Waals surface area contributed by atoms with Gasteiger partial charge in [-0.15, -0.1) is 0 Å². The van der Waals surface area contributed by atoms with Crippen LogP contribution in [-0.2, 0) is 6.54 Å². The number of rotatable bonds is 5. The number of carbonyl (C=O) groups is 1. The number of amides is 1. The molecule has 136 valence electrons. The Morgan fingerprint density at radius 3 is 2.31 bits per heavy atom. The van der Waals surface area contributed by atoms with Crippen LogP contribution in [-0.4, -0.2) is 34.9 Å². The Labute approximate surface area is 150 Å². The molecule has 1 heterocycles. The summed E-state index contributed by atoms with van der Waals surface area (Å²) in [6.45, 7) is 2.47. The molecular formula is C19H20FN3O3. The second kappa shape index (κ2) is 8.05. The van der Waals surface area contributed by atoms with Gasteiger partial charge in [0.25, 0.3) is 11.6 Å². The number of nitrogens with zero attached hydrogens (tertiary/aromatic N) is 2. The molecule has 1 N–H and O–H groups in total. The van der Waals surface area contributed by atoms with Gasteiger partial charge in [-0.2, -0.15) is 0 Å². The van der Waals surface area contributed by atoms with Gasteiger partial charge >= 0.3 is 0 Å². The largest absolute Gasteiger partial charge is 0.349 e. The first-order chi connectivity index (χ1) is 12.5. The van der Waals surface area contributed by atoms with Crippen LogP contribution in [0.5, 0.6) is 0 Å². The van der Waals surface area contributed by atoms with E-state index in [4.69, 9.17) is 0 Å². The summed E-state index contributed by atoms with van der Waals surface area (Å²) in [6.07, 6.45) is 1.67. The lowest BCUT2D eigenvalue weighted by Gasteiger charge is -2.32. The summed E-state index contributed by atoms with van der Waals surface area (Å²) in [5.41, 5.74) is 1.46. The number of carbonyl (C=O) groups excluding carboxylic acids is 1. The SMILES string of the molecule is O=C(NC1CCN(Cc2ccc(F)cc2)CC1)c1ccc([N+](=O)[O-])cc1. The molecule has 1 aliphatic rings. The molecule has 2 aromatic carbocycles. The molecule has 0 aromatic heterocycles. The molecule has 0 bridgehead atoms. The molecule has 0 aliphatic carbocycles. The first-order valence-corrected chi connectivity index (χ1v) is 8.53. The highest BCUT2D eigenvalue weighted by atomic mass is 19.1. The van der Waals surface area contributed by atoms with Crippen LogP contribution in [0, 0.1) is 15.9 Å². The van der Waals surface area contributed by atoms with Crippen molar-refractivity contribution in [1.29, 1.82) is 0 Å². The third-order valence-corrected chi connectivity index (χ3v) is 4.58. The Morgan fingerprint density at radius 1 is 1.12 bits per heavy atom. The first-order valence-electron chi connectivity index (χ1n) is 8.53. The van der Waals surface area contributed by atoms with Crippen LogP contribution in [0.1, 0.15) is 28.8 Å². The van der Waals surface area contributed by atoms with E-state index in [1.807, 2.05) is 0 Å². The third-order valence-electron chi connectivity index (χ3n) is 4.58. The predicted octanol–water partition coefficient (Wildman–Crippen LogP) is 3.13. The van der Waals surface area contributed by atoms with Crippen LogP contribution < -0.4 is 5.32 Å². The molecule has 2 aromatic rings. The Kier molecular flexibility index (Phi) is 5.58. The van der Waals surface area contributed by atoms with Crippen LogP contribution in [0.25, 0.3) is 0 Å². The molecule has 1 saturated heterocycles. The lowest BCUT2D eigenvalue weighted by atomic mass is 10.0. The molecule has 0 unspecified atom stereocenters. The van der Waals surface area contributed by atoms with Gasteiger partial charge in [-0.25, -0.2) is 4.39 Å². The van der Waals surface area contributed by atoms with E-state index in [0.29, 0.717) is 5.56 Å². The zero-order valence-corrected chi connectivity index (χ0v) is 14.2. The van der Waals surface area contributed by atoms with Crippen molar-refractivity contribution in [2.75, 3.05) is 13.1 Å². The van der Waals surface area contributed by atoms with Crippen LogP contribution in [0.4, 0.5) is 10.1 Å². The number of hydrogen-bond acceptors (Lipinski definition) is 4. The molecule has 3 rings (SSSR count). The van der Waals surface area contributed by atoms with E-state index in [9.17, 15) is 19.3 Å². The maximum absolute atomic E-state index is 13.0. The zero-order valence-electron chi connectivity index (χ0n) is 14.2. The van der Waals surface area contributed by atoms with Crippen LogP contribution in [0.3, 0.4) is 0 Å². The molecule has 1 aliphatic heterocycles. The van der Waals surface area contributed by atoms with Crippen LogP contribution in [0.15, 0.2) is 48.5 Å². The minimum absolute atomic E-state index is 0.0318.